The molecular weight excluding hydrogens is 266 g/mol. The van der Waals surface area contributed by atoms with Gasteiger partial charge in [-0.1, -0.05) is 0 Å². The van der Waals surface area contributed by atoms with E-state index in [9.17, 15) is 4.79 Å². The molecule has 5 nitrogen and oxygen atoms in total. The third kappa shape index (κ3) is 4.10. The van der Waals surface area contributed by atoms with E-state index in [1.807, 2.05) is 25.7 Å². The first-order valence-corrected chi connectivity index (χ1v) is 8.11. The van der Waals surface area contributed by atoms with E-state index in [2.05, 4.69) is 24.3 Å². The Balaban J connectivity index is 1.76. The maximum Gasteiger partial charge on any atom is 0.410 e. The molecule has 0 spiro atoms. The Kier molecular flexibility index (Phi) is 4.83. The van der Waals surface area contributed by atoms with Gasteiger partial charge in [-0.05, 0) is 60.5 Å². The Morgan fingerprint density at radius 3 is 2.52 bits per heavy atom. The molecule has 1 aliphatic carbocycles. The van der Waals surface area contributed by atoms with Crippen molar-refractivity contribution in [3.05, 3.63) is 0 Å². The number of hydrogen-bond acceptors (Lipinski definition) is 4. The highest BCUT2D eigenvalue weighted by Gasteiger charge is 2.40. The highest BCUT2D eigenvalue weighted by Crippen LogP contribution is 2.35. The van der Waals surface area contributed by atoms with E-state index in [4.69, 9.17) is 4.74 Å². The van der Waals surface area contributed by atoms with E-state index in [0.29, 0.717) is 11.6 Å². The molecule has 0 aromatic carbocycles. The molecule has 1 N–H and O–H groups in total. The summed E-state index contributed by atoms with van der Waals surface area (Å²) >= 11 is 0. The Bertz CT molecular complexity index is 372. The molecule has 0 bridgehead atoms. The fraction of sp³-hybridized carbons (Fsp3) is 0.938. The SMILES string of the molecule is CN(C)C1(CNC2CCN(C(=O)OC(C)(C)C)C2)CCC1. The van der Waals surface area contributed by atoms with Crippen LogP contribution >= 0.6 is 0 Å². The monoisotopic (exact) mass is 297 g/mol. The van der Waals surface area contributed by atoms with Crippen molar-refractivity contribution in [3.8, 4) is 0 Å². The minimum absolute atomic E-state index is 0.183. The van der Waals surface area contributed by atoms with Crippen LogP contribution in [0.2, 0.25) is 0 Å². The molecule has 1 heterocycles. The quantitative estimate of drug-likeness (QED) is 0.863. The van der Waals surface area contributed by atoms with Gasteiger partial charge in [-0.2, -0.15) is 0 Å². The molecule has 0 aromatic heterocycles. The van der Waals surface area contributed by atoms with E-state index < -0.39 is 5.60 Å². The highest BCUT2D eigenvalue weighted by molar-refractivity contribution is 5.68. The summed E-state index contributed by atoms with van der Waals surface area (Å²) < 4.78 is 5.44. The van der Waals surface area contributed by atoms with Crippen molar-refractivity contribution in [2.45, 2.75) is 63.6 Å². The number of carbonyl (C=O) groups is 1. The van der Waals surface area contributed by atoms with Crippen molar-refractivity contribution >= 4 is 6.09 Å². The van der Waals surface area contributed by atoms with Crippen LogP contribution in [0.1, 0.15) is 46.5 Å². The van der Waals surface area contributed by atoms with Gasteiger partial charge in [0.15, 0.2) is 0 Å². The molecule has 0 aromatic rings. The number of nitrogens with zero attached hydrogens (tertiary/aromatic N) is 2. The summed E-state index contributed by atoms with van der Waals surface area (Å²) in [5.74, 6) is 0. The molecule has 1 saturated carbocycles. The summed E-state index contributed by atoms with van der Waals surface area (Å²) in [4.78, 5) is 16.2. The highest BCUT2D eigenvalue weighted by atomic mass is 16.6. The summed E-state index contributed by atoms with van der Waals surface area (Å²) in [7, 11) is 4.34. The molecule has 2 aliphatic rings. The normalized spacial score (nSPS) is 25.0. The Morgan fingerprint density at radius 1 is 1.38 bits per heavy atom. The first kappa shape index (κ1) is 16.6. The predicted molar refractivity (Wildman–Crippen MR) is 84.5 cm³/mol. The number of hydrogen-bond donors (Lipinski definition) is 1. The second-order valence-corrected chi connectivity index (χ2v) is 7.77. The Morgan fingerprint density at radius 2 is 2.05 bits per heavy atom. The summed E-state index contributed by atoms with van der Waals surface area (Å²) in [5, 5.41) is 3.66. The van der Waals surface area contributed by atoms with Gasteiger partial charge >= 0.3 is 6.09 Å². The van der Waals surface area contributed by atoms with Gasteiger partial charge in [0.05, 0.1) is 0 Å². The molecule has 1 amide bonds. The minimum atomic E-state index is -0.413. The van der Waals surface area contributed by atoms with Gasteiger partial charge in [-0.25, -0.2) is 4.79 Å². The zero-order valence-electron chi connectivity index (χ0n) is 14.2. The summed E-state index contributed by atoms with van der Waals surface area (Å²) in [6.07, 6.45) is 4.71. The van der Waals surface area contributed by atoms with Crippen molar-refractivity contribution in [2.24, 2.45) is 0 Å². The van der Waals surface area contributed by atoms with Crippen LogP contribution in [0.5, 0.6) is 0 Å². The van der Waals surface area contributed by atoms with E-state index in [1.54, 1.807) is 0 Å². The van der Waals surface area contributed by atoms with Crippen LogP contribution in [0.25, 0.3) is 0 Å². The molecule has 5 heteroatoms. The van der Waals surface area contributed by atoms with Crippen LogP contribution in [-0.4, -0.2) is 66.8 Å². The van der Waals surface area contributed by atoms with E-state index in [1.165, 1.54) is 19.3 Å². The van der Waals surface area contributed by atoms with Crippen molar-refractivity contribution in [1.29, 1.82) is 0 Å². The van der Waals surface area contributed by atoms with Crippen molar-refractivity contribution in [1.82, 2.24) is 15.1 Å². The maximum atomic E-state index is 12.1. The molecular formula is C16H31N3O2. The lowest BCUT2D eigenvalue weighted by Gasteiger charge is -2.48. The largest absolute Gasteiger partial charge is 0.444 e. The van der Waals surface area contributed by atoms with Gasteiger partial charge in [0.1, 0.15) is 5.60 Å². The molecule has 21 heavy (non-hydrogen) atoms. The number of rotatable bonds is 4. The second-order valence-electron chi connectivity index (χ2n) is 7.77. The smallest absolute Gasteiger partial charge is 0.410 e. The number of carbonyl (C=O) groups excluding carboxylic acids is 1. The Hall–Kier alpha value is -0.810. The standard InChI is InChI=1S/C16H31N3O2/c1-15(2,3)21-14(20)19-10-7-13(11-19)17-12-16(18(4)5)8-6-9-16/h13,17H,6-12H2,1-5H3. The van der Waals surface area contributed by atoms with Crippen molar-refractivity contribution in [2.75, 3.05) is 33.7 Å². The fourth-order valence-electron chi connectivity index (χ4n) is 3.12. The van der Waals surface area contributed by atoms with Crippen LogP contribution in [0, 0.1) is 0 Å². The zero-order chi connectivity index (χ0) is 15.7. The molecule has 2 fully saturated rings. The number of ether oxygens (including phenoxy) is 1. The van der Waals surface area contributed by atoms with Crippen molar-refractivity contribution in [3.63, 3.8) is 0 Å². The fourth-order valence-corrected chi connectivity index (χ4v) is 3.12. The third-order valence-corrected chi connectivity index (χ3v) is 4.79. The average molecular weight is 297 g/mol. The molecule has 1 atom stereocenters. The van der Waals surface area contributed by atoms with Gasteiger partial charge in [0, 0.05) is 31.2 Å². The van der Waals surface area contributed by atoms with E-state index in [-0.39, 0.29) is 6.09 Å². The van der Waals surface area contributed by atoms with Gasteiger partial charge < -0.3 is 19.9 Å². The predicted octanol–water partition coefficient (Wildman–Crippen LogP) is 2.07. The first-order chi connectivity index (χ1) is 9.72. The van der Waals surface area contributed by atoms with E-state index in [0.717, 1.165) is 26.1 Å². The second kappa shape index (κ2) is 6.13. The maximum absolute atomic E-state index is 12.1. The van der Waals surface area contributed by atoms with Crippen LogP contribution in [0.4, 0.5) is 4.79 Å². The third-order valence-electron chi connectivity index (χ3n) is 4.79. The molecule has 0 radical (unpaired) electrons. The summed E-state index contributed by atoms with van der Waals surface area (Å²) in [6, 6.07) is 0.398. The zero-order valence-corrected chi connectivity index (χ0v) is 14.2. The van der Waals surface area contributed by atoms with E-state index >= 15 is 0 Å². The van der Waals surface area contributed by atoms with Gasteiger partial charge in [0.2, 0.25) is 0 Å². The molecule has 1 unspecified atom stereocenters. The van der Waals surface area contributed by atoms with Gasteiger partial charge in [-0.3, -0.25) is 0 Å². The lowest BCUT2D eigenvalue weighted by atomic mass is 9.75. The number of amides is 1. The van der Waals surface area contributed by atoms with Gasteiger partial charge in [0.25, 0.3) is 0 Å². The van der Waals surface area contributed by atoms with Crippen LogP contribution in [0.15, 0.2) is 0 Å². The molecule has 2 rings (SSSR count). The molecule has 122 valence electrons. The molecule has 1 saturated heterocycles. The Labute approximate surface area is 129 Å². The van der Waals surface area contributed by atoms with Crippen LogP contribution in [-0.2, 0) is 4.74 Å². The van der Waals surface area contributed by atoms with Gasteiger partial charge in [-0.15, -0.1) is 0 Å². The summed E-state index contributed by atoms with van der Waals surface area (Å²) in [6.45, 7) is 8.31. The number of nitrogens with one attached hydrogen (secondary N) is 1. The van der Waals surface area contributed by atoms with Crippen LogP contribution in [0.3, 0.4) is 0 Å². The average Bonchev–Trinajstić information content (AvgIpc) is 2.73. The lowest BCUT2D eigenvalue weighted by Crippen LogP contribution is -2.58. The summed E-state index contributed by atoms with van der Waals surface area (Å²) in [5.41, 5.74) is -0.0805. The number of likely N-dealkylation sites (N-methyl/N-ethyl adjacent to an activating group) is 1. The topological polar surface area (TPSA) is 44.8 Å². The first-order valence-electron chi connectivity index (χ1n) is 8.11. The number of likely N-dealkylation sites (tertiary alicyclic amines) is 1. The van der Waals surface area contributed by atoms with Crippen LogP contribution < -0.4 is 5.32 Å². The van der Waals surface area contributed by atoms with Crippen molar-refractivity contribution < 1.29 is 9.53 Å². The minimum Gasteiger partial charge on any atom is -0.444 e. The molecule has 1 aliphatic heterocycles. The lowest BCUT2D eigenvalue weighted by molar-refractivity contribution is 0.0286.